The van der Waals surface area contributed by atoms with Crippen LogP contribution in [0.1, 0.15) is 68.1 Å². The Hall–Kier alpha value is -2.41. The Balaban J connectivity index is 1.16. The van der Waals surface area contributed by atoms with Gasteiger partial charge in [-0.05, 0) is 93.7 Å². The first-order valence-corrected chi connectivity index (χ1v) is 12.5. The zero-order valence-electron chi connectivity index (χ0n) is 19.4. The van der Waals surface area contributed by atoms with Gasteiger partial charge >= 0.3 is 5.97 Å². The van der Waals surface area contributed by atoms with Gasteiger partial charge in [0.25, 0.3) is 5.91 Å². The number of carboxylic acid groups (broad SMARTS) is 1. The third-order valence-corrected chi connectivity index (χ3v) is 9.13. The summed E-state index contributed by atoms with van der Waals surface area (Å²) in [6.07, 6.45) is 10.2. The van der Waals surface area contributed by atoms with E-state index in [4.69, 9.17) is 4.98 Å². The van der Waals surface area contributed by atoms with Crippen LogP contribution in [0.15, 0.2) is 24.4 Å². The highest BCUT2D eigenvalue weighted by atomic mass is 16.4. The minimum atomic E-state index is -0.732. The number of pyridine rings is 1. The van der Waals surface area contributed by atoms with Crippen molar-refractivity contribution in [3.8, 4) is 0 Å². The number of amides is 1. The van der Waals surface area contributed by atoms with Crippen LogP contribution in [0.3, 0.4) is 0 Å². The first-order chi connectivity index (χ1) is 15.8. The van der Waals surface area contributed by atoms with Crippen molar-refractivity contribution in [2.75, 3.05) is 19.6 Å². The number of carboxylic acids is 1. The predicted molar refractivity (Wildman–Crippen MR) is 124 cm³/mol. The summed E-state index contributed by atoms with van der Waals surface area (Å²) in [4.78, 5) is 31.8. The van der Waals surface area contributed by atoms with Crippen molar-refractivity contribution in [2.45, 2.75) is 58.4 Å². The maximum absolute atomic E-state index is 13.2. The second kappa shape index (κ2) is 7.55. The molecule has 7 nitrogen and oxygen atoms in total. The lowest BCUT2D eigenvalue weighted by Crippen LogP contribution is -2.45. The van der Waals surface area contributed by atoms with Gasteiger partial charge in [-0.1, -0.05) is 6.07 Å². The number of rotatable bonds is 6. The van der Waals surface area contributed by atoms with Crippen molar-refractivity contribution >= 4 is 17.5 Å². The Kier molecular flexibility index (Phi) is 4.84. The van der Waals surface area contributed by atoms with Crippen molar-refractivity contribution in [2.24, 2.45) is 28.6 Å². The molecular weight excluding hydrogens is 416 g/mol. The zero-order valence-corrected chi connectivity index (χ0v) is 19.4. The number of nitrogens with one attached hydrogen (secondary N) is 1. The molecule has 4 saturated carbocycles. The van der Waals surface area contributed by atoms with Crippen LogP contribution in [-0.4, -0.2) is 50.9 Å². The number of aliphatic carboxylic acids is 1. The molecule has 4 bridgehead atoms. The number of likely N-dealkylation sites (tertiary alicyclic amines) is 1. The molecule has 0 radical (unpaired) electrons. The Morgan fingerprint density at radius 3 is 2.73 bits per heavy atom. The maximum atomic E-state index is 13.2. The van der Waals surface area contributed by atoms with Crippen molar-refractivity contribution in [3.05, 3.63) is 35.8 Å². The molecule has 1 aliphatic heterocycles. The van der Waals surface area contributed by atoms with Crippen LogP contribution in [-0.2, 0) is 11.3 Å². The van der Waals surface area contributed by atoms with Crippen LogP contribution in [0.5, 0.6) is 0 Å². The number of hydrogen-bond donors (Lipinski definition) is 2. The summed E-state index contributed by atoms with van der Waals surface area (Å²) in [5, 5.41) is 12.9. The van der Waals surface area contributed by atoms with Gasteiger partial charge in [0, 0.05) is 25.8 Å². The standard InChI is InChI=1S/C26H34N4O3/c1-25(24(32)33)6-3-7-29(16-25)13-20-14-30-21(4-2-5-22(30)28-20)23(31)27-15-26-10-17-8-18(11-26)19(9-17)12-26/h2,4-5,14,17-19H,3,6-13,15-16H2,1H3,(H,27,31)(H,32,33). The van der Waals surface area contributed by atoms with Gasteiger partial charge in [-0.2, -0.15) is 0 Å². The number of piperidine rings is 1. The van der Waals surface area contributed by atoms with Gasteiger partial charge in [0.2, 0.25) is 0 Å². The predicted octanol–water partition coefficient (Wildman–Crippen LogP) is 3.58. The summed E-state index contributed by atoms with van der Waals surface area (Å²) in [5.74, 6) is 1.93. The molecular formula is C26H34N4O3. The molecule has 0 spiro atoms. The molecule has 4 aliphatic carbocycles. The minimum Gasteiger partial charge on any atom is -0.481 e. The van der Waals surface area contributed by atoms with Crippen LogP contribution in [0.4, 0.5) is 0 Å². The number of carbonyl (C=O) groups excluding carboxylic acids is 1. The number of nitrogens with zero attached hydrogens (tertiary/aromatic N) is 3. The molecule has 3 unspecified atom stereocenters. The van der Waals surface area contributed by atoms with E-state index in [0.717, 1.165) is 48.6 Å². The van der Waals surface area contributed by atoms with Crippen molar-refractivity contribution in [3.63, 3.8) is 0 Å². The Bertz CT molecular complexity index is 1090. The Morgan fingerprint density at radius 1 is 1.21 bits per heavy atom. The maximum Gasteiger partial charge on any atom is 0.310 e. The van der Waals surface area contributed by atoms with Gasteiger partial charge < -0.3 is 10.4 Å². The highest BCUT2D eigenvalue weighted by Crippen LogP contribution is 2.63. The normalized spacial score (nSPS) is 35.4. The zero-order chi connectivity index (χ0) is 22.8. The van der Waals surface area contributed by atoms with Crippen molar-refractivity contribution < 1.29 is 14.7 Å². The third-order valence-electron chi connectivity index (χ3n) is 9.13. The first-order valence-electron chi connectivity index (χ1n) is 12.5. The highest BCUT2D eigenvalue weighted by molar-refractivity contribution is 5.93. The monoisotopic (exact) mass is 450 g/mol. The molecule has 5 aliphatic rings. The number of hydrogen-bond acceptors (Lipinski definition) is 4. The summed E-state index contributed by atoms with van der Waals surface area (Å²) in [6, 6.07) is 5.68. The number of imidazole rings is 1. The largest absolute Gasteiger partial charge is 0.481 e. The fourth-order valence-electron chi connectivity index (χ4n) is 7.76. The van der Waals surface area contributed by atoms with Crippen LogP contribution >= 0.6 is 0 Å². The number of carbonyl (C=O) groups is 2. The average Bonchev–Trinajstić information content (AvgIpc) is 3.39. The quantitative estimate of drug-likeness (QED) is 0.703. The van der Waals surface area contributed by atoms with E-state index < -0.39 is 11.4 Å². The van der Waals surface area contributed by atoms with E-state index in [1.165, 1.54) is 32.1 Å². The summed E-state index contributed by atoms with van der Waals surface area (Å²) in [5.41, 5.74) is 1.86. The van der Waals surface area contributed by atoms with E-state index >= 15 is 0 Å². The lowest BCUT2D eigenvalue weighted by atomic mass is 9.69. The van der Waals surface area contributed by atoms with Gasteiger partial charge in [-0.15, -0.1) is 0 Å². The van der Waals surface area contributed by atoms with Gasteiger partial charge in [-0.25, -0.2) is 4.98 Å². The Morgan fingerprint density at radius 2 is 2.00 bits per heavy atom. The molecule has 3 heterocycles. The molecule has 0 aromatic carbocycles. The lowest BCUT2D eigenvalue weighted by molar-refractivity contribution is -0.151. The van der Waals surface area contributed by atoms with E-state index in [9.17, 15) is 14.7 Å². The van der Waals surface area contributed by atoms with E-state index in [-0.39, 0.29) is 5.91 Å². The van der Waals surface area contributed by atoms with E-state index in [1.54, 1.807) is 0 Å². The number of fused-ring (bicyclic) bond motifs is 1. The molecule has 2 N–H and O–H groups in total. The minimum absolute atomic E-state index is 0.0296. The Labute approximate surface area is 194 Å². The summed E-state index contributed by atoms with van der Waals surface area (Å²) in [6.45, 7) is 4.60. The van der Waals surface area contributed by atoms with Crippen LogP contribution in [0.2, 0.25) is 0 Å². The second-order valence-corrected chi connectivity index (χ2v) is 11.7. The molecule has 2 aromatic heterocycles. The molecule has 3 atom stereocenters. The summed E-state index contributed by atoms with van der Waals surface area (Å²) < 4.78 is 1.89. The molecule has 7 heteroatoms. The molecule has 1 saturated heterocycles. The van der Waals surface area contributed by atoms with Gasteiger partial charge in [0.05, 0.1) is 11.1 Å². The van der Waals surface area contributed by atoms with E-state index in [1.807, 2.05) is 35.7 Å². The summed E-state index contributed by atoms with van der Waals surface area (Å²) >= 11 is 0. The van der Waals surface area contributed by atoms with Crippen LogP contribution in [0, 0.1) is 28.6 Å². The topological polar surface area (TPSA) is 86.9 Å². The molecule has 1 amide bonds. The molecule has 176 valence electrons. The first kappa shape index (κ1) is 21.1. The van der Waals surface area contributed by atoms with Gasteiger partial charge in [0.15, 0.2) is 0 Å². The fraction of sp³-hybridized carbons (Fsp3) is 0.654. The number of aromatic nitrogens is 2. The third kappa shape index (κ3) is 3.65. The van der Waals surface area contributed by atoms with Crippen LogP contribution in [0.25, 0.3) is 5.65 Å². The molecule has 2 aromatic rings. The lowest BCUT2D eigenvalue weighted by Gasteiger charge is -2.38. The highest BCUT2D eigenvalue weighted by Gasteiger charge is 2.55. The fourth-order valence-corrected chi connectivity index (χ4v) is 7.76. The van der Waals surface area contributed by atoms with Crippen molar-refractivity contribution in [1.29, 1.82) is 0 Å². The van der Waals surface area contributed by atoms with Gasteiger partial charge in [0.1, 0.15) is 11.3 Å². The van der Waals surface area contributed by atoms with Crippen molar-refractivity contribution in [1.82, 2.24) is 19.6 Å². The second-order valence-electron chi connectivity index (χ2n) is 11.7. The summed E-state index contributed by atoms with van der Waals surface area (Å²) in [7, 11) is 0. The van der Waals surface area contributed by atoms with Gasteiger partial charge in [-0.3, -0.25) is 18.9 Å². The smallest absolute Gasteiger partial charge is 0.310 e. The molecule has 5 fully saturated rings. The van der Waals surface area contributed by atoms with E-state index in [2.05, 4.69) is 10.2 Å². The SMILES string of the molecule is CC1(C(=O)O)CCCN(Cc2cn3c(C(=O)NCC45CC6CC(C4)C(C6)C5)cccc3n2)C1. The van der Waals surface area contributed by atoms with E-state index in [0.29, 0.717) is 30.6 Å². The molecule has 7 rings (SSSR count). The average molecular weight is 451 g/mol. The van der Waals surface area contributed by atoms with Crippen LogP contribution < -0.4 is 5.32 Å². The molecule has 33 heavy (non-hydrogen) atoms.